The second-order valence-corrected chi connectivity index (χ2v) is 17.9. The summed E-state index contributed by atoms with van der Waals surface area (Å²) in [7, 11) is 0. The fraction of sp³-hybridized carbons (Fsp3) is 0.0462. The van der Waals surface area contributed by atoms with Gasteiger partial charge in [0.2, 0.25) is 11.2 Å². The molecule has 1 aromatic heterocycles. The van der Waals surface area contributed by atoms with Gasteiger partial charge in [0.1, 0.15) is 16.8 Å². The molecule has 356 valence electrons. The lowest BCUT2D eigenvalue weighted by molar-refractivity contribution is 0.0877. The average molecular weight is 956 g/mol. The maximum Gasteiger partial charge on any atom is 0.248 e. The van der Waals surface area contributed by atoms with Gasteiger partial charge in [0.05, 0.1) is 11.0 Å². The van der Waals surface area contributed by atoms with Gasteiger partial charge in [-0.25, -0.2) is 0 Å². The molecule has 1 unspecified atom stereocenters. The van der Waals surface area contributed by atoms with Crippen molar-refractivity contribution in [2.45, 2.75) is 19.3 Å². The second kappa shape index (κ2) is 18.6. The first-order valence-electron chi connectivity index (χ1n) is 24.0. The molecular formula is C65H49NO7. The fourth-order valence-electron chi connectivity index (χ4n) is 10.7. The Labute approximate surface area is 421 Å². The largest absolute Gasteiger partial charge is 0.505 e. The zero-order valence-corrected chi connectivity index (χ0v) is 40.0. The Morgan fingerprint density at radius 2 is 1.10 bits per heavy atom. The minimum atomic E-state index is -1.29. The lowest BCUT2D eigenvalue weighted by atomic mass is 9.66. The van der Waals surface area contributed by atoms with E-state index < -0.39 is 28.2 Å². The number of benzene rings is 9. The van der Waals surface area contributed by atoms with E-state index in [4.69, 9.17) is 9.15 Å². The van der Waals surface area contributed by atoms with Gasteiger partial charge >= 0.3 is 0 Å². The molecule has 0 fully saturated rings. The van der Waals surface area contributed by atoms with E-state index in [0.717, 1.165) is 49.7 Å². The molecular weight excluding hydrogens is 907 g/mol. The standard InChI is InChI=1S/C65H49NO7/c1-4-7-11-24-42-38-44(39-43-25-16-17-29-48(42)43)53-58(67)62(71)57-64(59(53)68)73-72-63-56(66(57)47-36-34-41(35-37-47)50-31-19-18-30-49(50)40-22-12-9-13-23-40)61(70)55-54(60(63)69)51-32-20-21-33-52(51)65(55,45(6-3)26-8-5-2)46-27-14-10-15-28-46/h4-39,67-71H,3H2,1-2H3/b7-4-,8-5-,24-11-,45-26+. The predicted molar refractivity (Wildman–Crippen MR) is 294 cm³/mol. The summed E-state index contributed by atoms with van der Waals surface area (Å²) >= 11 is 0. The Morgan fingerprint density at radius 1 is 0.521 bits per heavy atom. The Bertz CT molecular complexity index is 4000. The maximum absolute atomic E-state index is 13.6. The molecule has 1 aliphatic carbocycles. The van der Waals surface area contributed by atoms with Crippen LogP contribution in [0.2, 0.25) is 0 Å². The van der Waals surface area contributed by atoms with Gasteiger partial charge in [-0.2, -0.15) is 0 Å². The minimum Gasteiger partial charge on any atom is -0.505 e. The first-order chi connectivity index (χ1) is 35.7. The van der Waals surface area contributed by atoms with E-state index in [-0.39, 0.29) is 39.2 Å². The Morgan fingerprint density at radius 3 is 1.77 bits per heavy atom. The fourth-order valence-corrected chi connectivity index (χ4v) is 10.7. The average Bonchev–Trinajstić information content (AvgIpc) is 3.62. The van der Waals surface area contributed by atoms with Gasteiger partial charge in [-0.3, -0.25) is 13.7 Å². The van der Waals surface area contributed by atoms with Crippen LogP contribution in [0.3, 0.4) is 0 Å². The molecule has 11 rings (SSSR count). The van der Waals surface area contributed by atoms with E-state index in [1.54, 1.807) is 30.3 Å². The monoisotopic (exact) mass is 955 g/mol. The normalized spacial score (nSPS) is 14.5. The lowest BCUT2D eigenvalue weighted by Gasteiger charge is -2.35. The molecule has 9 aromatic carbocycles. The van der Waals surface area contributed by atoms with Gasteiger partial charge in [0.15, 0.2) is 23.0 Å². The van der Waals surface area contributed by atoms with E-state index in [1.807, 2.05) is 184 Å². The summed E-state index contributed by atoms with van der Waals surface area (Å²) < 4.78 is 13.8. The SMILES string of the molecule is C=C/C(=C\C=C/C)C1(c2ccccc2)c2ccccc2-c2c1c(O)c1c(ooc3c(O)c(-c4cc(/C=C\C=C/C)c5ccccc5c4)c(O)c(O)c3n1-c1ccc(-c3ccccc3-c3ccccc3)cc1)c2O. The number of allylic oxidation sites excluding steroid dienone is 8. The van der Waals surface area contributed by atoms with Crippen molar-refractivity contribution < 1.29 is 34.7 Å². The van der Waals surface area contributed by atoms with Gasteiger partial charge < -0.3 is 25.5 Å². The van der Waals surface area contributed by atoms with Crippen molar-refractivity contribution in [3.05, 3.63) is 247 Å². The van der Waals surface area contributed by atoms with Crippen LogP contribution in [-0.4, -0.2) is 30.1 Å². The van der Waals surface area contributed by atoms with Crippen LogP contribution in [0.5, 0.6) is 28.7 Å². The number of nitrogens with zero attached hydrogens (tertiary/aromatic N) is 1. The maximum atomic E-state index is 13.6. The van der Waals surface area contributed by atoms with Crippen molar-refractivity contribution in [1.29, 1.82) is 0 Å². The van der Waals surface area contributed by atoms with Crippen molar-refractivity contribution >= 4 is 39.0 Å². The van der Waals surface area contributed by atoms with Crippen molar-refractivity contribution in [2.75, 3.05) is 0 Å². The van der Waals surface area contributed by atoms with Gasteiger partial charge in [-0.05, 0) is 105 Å². The second-order valence-electron chi connectivity index (χ2n) is 17.9. The molecule has 0 amide bonds. The number of hydrogen-bond donors (Lipinski definition) is 5. The molecule has 0 spiro atoms. The van der Waals surface area contributed by atoms with Gasteiger partial charge in [0.25, 0.3) is 0 Å². The first kappa shape index (κ1) is 45.8. The zero-order chi connectivity index (χ0) is 50.4. The molecule has 5 N–H and O–H groups in total. The Balaban J connectivity index is 1.29. The molecule has 1 atom stereocenters. The van der Waals surface area contributed by atoms with Crippen LogP contribution < -0.4 is 0 Å². The van der Waals surface area contributed by atoms with Crippen molar-refractivity contribution in [1.82, 2.24) is 4.57 Å². The number of aromatic nitrogens is 1. The quantitative estimate of drug-likeness (QED) is 0.0399. The summed E-state index contributed by atoms with van der Waals surface area (Å²) in [6, 6.07) is 54.2. The first-order valence-corrected chi connectivity index (χ1v) is 24.0. The Kier molecular flexibility index (Phi) is 11.7. The molecule has 0 radical (unpaired) electrons. The smallest absolute Gasteiger partial charge is 0.248 e. The predicted octanol–water partition coefficient (Wildman–Crippen LogP) is 16.4. The number of hydrogen-bond acceptors (Lipinski definition) is 7. The van der Waals surface area contributed by atoms with E-state index in [2.05, 4.69) is 24.8 Å². The highest BCUT2D eigenvalue weighted by atomic mass is 17.0. The third-order valence-electron chi connectivity index (χ3n) is 13.9. The zero-order valence-electron chi connectivity index (χ0n) is 40.0. The highest BCUT2D eigenvalue weighted by molar-refractivity contribution is 6.07. The summed E-state index contributed by atoms with van der Waals surface area (Å²) in [6.45, 7) is 8.12. The number of phenols is 5. The van der Waals surface area contributed by atoms with Gasteiger partial charge in [-0.1, -0.05) is 201 Å². The van der Waals surface area contributed by atoms with Gasteiger partial charge in [0, 0.05) is 16.8 Å². The van der Waals surface area contributed by atoms with Crippen LogP contribution in [0.15, 0.2) is 234 Å². The molecule has 8 heteroatoms. The molecule has 10 aromatic rings. The molecule has 0 aliphatic heterocycles. The van der Waals surface area contributed by atoms with Gasteiger partial charge in [-0.15, -0.1) is 0 Å². The van der Waals surface area contributed by atoms with E-state index in [1.165, 1.54) is 4.57 Å². The Hall–Kier alpha value is -9.66. The van der Waals surface area contributed by atoms with Crippen LogP contribution in [0.1, 0.15) is 36.1 Å². The summed E-state index contributed by atoms with van der Waals surface area (Å²) in [5.41, 5.74) is 6.20. The number of rotatable bonds is 10. The number of fused-ring (bicyclic) bond motifs is 6. The molecule has 1 aliphatic rings. The molecule has 0 saturated heterocycles. The highest BCUT2D eigenvalue weighted by Gasteiger charge is 2.51. The van der Waals surface area contributed by atoms with Crippen molar-refractivity contribution in [3.63, 3.8) is 0 Å². The topological polar surface area (TPSA) is 132 Å². The summed E-state index contributed by atoms with van der Waals surface area (Å²) in [6.07, 6.45) is 15.1. The van der Waals surface area contributed by atoms with Crippen molar-refractivity contribution in [2.24, 2.45) is 0 Å². The summed E-state index contributed by atoms with van der Waals surface area (Å²) in [5.74, 6) is -2.67. The van der Waals surface area contributed by atoms with E-state index >= 15 is 0 Å². The lowest BCUT2D eigenvalue weighted by Crippen LogP contribution is -2.29. The molecule has 73 heavy (non-hydrogen) atoms. The molecule has 0 bridgehead atoms. The van der Waals surface area contributed by atoms with Crippen molar-refractivity contribution in [3.8, 4) is 78.9 Å². The molecule has 1 heterocycles. The van der Waals surface area contributed by atoms with E-state index in [9.17, 15) is 25.5 Å². The van der Waals surface area contributed by atoms with Crippen LogP contribution in [0.25, 0.3) is 89.2 Å². The summed E-state index contributed by atoms with van der Waals surface area (Å²) in [5, 5.41) is 66.1. The van der Waals surface area contributed by atoms with E-state index in [0.29, 0.717) is 28.0 Å². The molecule has 0 saturated carbocycles. The van der Waals surface area contributed by atoms with Crippen LogP contribution in [-0.2, 0) is 5.41 Å². The molecule has 8 nitrogen and oxygen atoms in total. The third kappa shape index (κ3) is 7.22. The third-order valence-corrected chi connectivity index (χ3v) is 13.9. The minimum absolute atomic E-state index is 0.136. The highest BCUT2D eigenvalue weighted by Crippen LogP contribution is 2.64. The van der Waals surface area contributed by atoms with Crippen LogP contribution in [0, 0.1) is 0 Å². The van der Waals surface area contributed by atoms with Crippen LogP contribution in [0.4, 0.5) is 0 Å². The number of phenolic OH excluding ortho intramolecular Hbond substituents is 5. The summed E-state index contributed by atoms with van der Waals surface area (Å²) in [4.78, 5) is 0. The number of aromatic hydroxyl groups is 5. The van der Waals surface area contributed by atoms with Crippen LogP contribution >= 0.6 is 0 Å².